The lowest BCUT2D eigenvalue weighted by atomic mass is 9.93. The number of phenols is 1. The van der Waals surface area contributed by atoms with Crippen molar-refractivity contribution in [1.82, 2.24) is 5.32 Å². The first-order valence-corrected chi connectivity index (χ1v) is 4.99. The molecule has 0 bridgehead atoms. The van der Waals surface area contributed by atoms with Crippen LogP contribution in [0, 0.1) is 0 Å². The lowest BCUT2D eigenvalue weighted by molar-refractivity contribution is -0.139. The molecule has 1 unspecified atom stereocenters. The number of fused-ring (bicyclic) bond motifs is 1. The van der Waals surface area contributed by atoms with Gasteiger partial charge in [0.25, 0.3) is 0 Å². The number of rotatable bonds is 2. The van der Waals surface area contributed by atoms with Crippen LogP contribution in [0.1, 0.15) is 17.2 Å². The van der Waals surface area contributed by atoms with E-state index in [0.717, 1.165) is 5.56 Å². The highest BCUT2D eigenvalue weighted by molar-refractivity contribution is 5.77. The van der Waals surface area contributed by atoms with Crippen LogP contribution in [0.2, 0.25) is 0 Å². The molecule has 1 aliphatic heterocycles. The molecule has 0 saturated heterocycles. The quantitative estimate of drug-likeness (QED) is 0.687. The Morgan fingerprint density at radius 2 is 2.31 bits per heavy atom. The van der Waals surface area contributed by atoms with Gasteiger partial charge in [-0.15, -0.1) is 0 Å². The second kappa shape index (κ2) is 4.02. The fraction of sp³-hybridized carbons (Fsp3) is 0.364. The zero-order valence-electron chi connectivity index (χ0n) is 8.86. The van der Waals surface area contributed by atoms with Gasteiger partial charge in [0, 0.05) is 6.54 Å². The molecule has 3 N–H and O–H groups in total. The predicted molar refractivity (Wildman–Crippen MR) is 56.7 cm³/mol. The Balaban J connectivity index is 2.50. The maximum Gasteiger partial charge on any atom is 0.325 e. The van der Waals surface area contributed by atoms with Gasteiger partial charge in [-0.3, -0.25) is 4.79 Å². The number of hydrogen-bond acceptors (Lipinski definition) is 4. The van der Waals surface area contributed by atoms with Crippen molar-refractivity contribution in [3.05, 3.63) is 23.3 Å². The Bertz CT molecular complexity index is 430. The van der Waals surface area contributed by atoms with Crippen molar-refractivity contribution >= 4 is 5.97 Å². The number of carboxylic acid groups (broad SMARTS) is 1. The van der Waals surface area contributed by atoms with Crippen molar-refractivity contribution in [2.45, 2.75) is 12.5 Å². The lowest BCUT2D eigenvalue weighted by Crippen LogP contribution is -2.34. The Labute approximate surface area is 92.7 Å². The van der Waals surface area contributed by atoms with Crippen LogP contribution in [-0.4, -0.2) is 29.8 Å². The zero-order valence-corrected chi connectivity index (χ0v) is 8.86. The molecule has 0 radical (unpaired) electrons. The van der Waals surface area contributed by atoms with Gasteiger partial charge in [-0.05, 0) is 29.7 Å². The number of phenolic OH excluding ortho intramolecular Hbond substituents is 1. The van der Waals surface area contributed by atoms with Crippen molar-refractivity contribution in [1.29, 1.82) is 0 Å². The lowest BCUT2D eigenvalue weighted by Gasteiger charge is -2.24. The van der Waals surface area contributed by atoms with Crippen molar-refractivity contribution in [3.63, 3.8) is 0 Å². The van der Waals surface area contributed by atoms with Crippen LogP contribution in [-0.2, 0) is 11.2 Å². The molecule has 1 aliphatic rings. The number of carboxylic acids is 1. The highest BCUT2D eigenvalue weighted by Gasteiger charge is 2.27. The van der Waals surface area contributed by atoms with E-state index in [-0.39, 0.29) is 5.75 Å². The topological polar surface area (TPSA) is 78.8 Å². The van der Waals surface area contributed by atoms with Gasteiger partial charge in [-0.2, -0.15) is 0 Å². The number of benzene rings is 1. The minimum atomic E-state index is -0.923. The molecule has 0 saturated carbocycles. The zero-order chi connectivity index (χ0) is 11.7. The van der Waals surface area contributed by atoms with Gasteiger partial charge in [0.05, 0.1) is 7.11 Å². The second-order valence-electron chi connectivity index (χ2n) is 3.70. The molecule has 1 aromatic rings. The van der Waals surface area contributed by atoms with E-state index < -0.39 is 12.0 Å². The van der Waals surface area contributed by atoms with Crippen LogP contribution in [0.25, 0.3) is 0 Å². The van der Waals surface area contributed by atoms with E-state index in [1.54, 1.807) is 12.1 Å². The summed E-state index contributed by atoms with van der Waals surface area (Å²) in [5, 5.41) is 21.6. The van der Waals surface area contributed by atoms with Crippen molar-refractivity contribution in [2.24, 2.45) is 0 Å². The molecular formula is C11H13NO4. The number of aromatic hydroxyl groups is 1. The fourth-order valence-electron chi connectivity index (χ4n) is 1.96. The molecule has 16 heavy (non-hydrogen) atoms. The molecule has 5 heteroatoms. The molecule has 0 fully saturated rings. The number of aliphatic carboxylic acids is 1. The first kappa shape index (κ1) is 10.8. The SMILES string of the molecule is COc1cc2c(cc1O)CCNC2C(=O)O. The van der Waals surface area contributed by atoms with Crippen molar-refractivity contribution in [3.8, 4) is 11.5 Å². The number of methoxy groups -OCH3 is 1. The average molecular weight is 223 g/mol. The number of hydrogen-bond donors (Lipinski definition) is 3. The number of carbonyl (C=O) groups is 1. The standard InChI is InChI=1S/C11H13NO4/c1-16-9-5-7-6(4-8(9)13)2-3-12-10(7)11(14)15/h4-5,10,12-13H,2-3H2,1H3,(H,14,15). The summed E-state index contributed by atoms with van der Waals surface area (Å²) in [4.78, 5) is 11.0. The van der Waals surface area contributed by atoms with Gasteiger partial charge in [-0.1, -0.05) is 0 Å². The summed E-state index contributed by atoms with van der Waals surface area (Å²) in [6.07, 6.45) is 0.705. The van der Waals surface area contributed by atoms with Gasteiger partial charge in [0.1, 0.15) is 6.04 Å². The summed E-state index contributed by atoms with van der Waals surface area (Å²) in [6, 6.07) is 2.43. The van der Waals surface area contributed by atoms with Crippen LogP contribution in [0.5, 0.6) is 11.5 Å². The summed E-state index contributed by atoms with van der Waals surface area (Å²) < 4.78 is 4.97. The summed E-state index contributed by atoms with van der Waals surface area (Å²) in [5.41, 5.74) is 1.51. The van der Waals surface area contributed by atoms with Crippen molar-refractivity contribution in [2.75, 3.05) is 13.7 Å². The highest BCUT2D eigenvalue weighted by atomic mass is 16.5. The minimum Gasteiger partial charge on any atom is -0.504 e. The third kappa shape index (κ3) is 1.69. The molecule has 1 atom stereocenters. The first-order chi connectivity index (χ1) is 7.63. The minimum absolute atomic E-state index is 0.0484. The van der Waals surface area contributed by atoms with E-state index in [2.05, 4.69) is 5.32 Å². The van der Waals surface area contributed by atoms with Gasteiger partial charge in [0.2, 0.25) is 0 Å². The van der Waals surface area contributed by atoms with Crippen LogP contribution < -0.4 is 10.1 Å². The Kier molecular flexibility index (Phi) is 2.70. The molecule has 1 heterocycles. The third-order valence-corrected chi connectivity index (χ3v) is 2.74. The largest absolute Gasteiger partial charge is 0.504 e. The molecule has 2 rings (SSSR count). The third-order valence-electron chi connectivity index (χ3n) is 2.74. The first-order valence-electron chi connectivity index (χ1n) is 4.99. The molecule has 0 amide bonds. The Morgan fingerprint density at radius 1 is 1.56 bits per heavy atom. The van der Waals surface area contributed by atoms with Gasteiger partial charge >= 0.3 is 5.97 Å². The van der Waals surface area contributed by atoms with E-state index in [4.69, 9.17) is 9.84 Å². The van der Waals surface area contributed by atoms with Gasteiger partial charge < -0.3 is 20.3 Å². The van der Waals surface area contributed by atoms with E-state index in [9.17, 15) is 9.90 Å². The predicted octanol–water partition coefficient (Wildman–Crippen LogP) is 0.672. The Hall–Kier alpha value is -1.75. The van der Waals surface area contributed by atoms with Crippen LogP contribution >= 0.6 is 0 Å². The van der Waals surface area contributed by atoms with Crippen LogP contribution in [0.4, 0.5) is 0 Å². The fourth-order valence-corrected chi connectivity index (χ4v) is 1.96. The monoisotopic (exact) mass is 223 g/mol. The smallest absolute Gasteiger partial charge is 0.325 e. The van der Waals surface area contributed by atoms with Crippen LogP contribution in [0.15, 0.2) is 12.1 Å². The summed E-state index contributed by atoms with van der Waals surface area (Å²) in [7, 11) is 1.44. The van der Waals surface area contributed by atoms with E-state index in [1.165, 1.54) is 7.11 Å². The second-order valence-corrected chi connectivity index (χ2v) is 3.70. The average Bonchev–Trinajstić information content (AvgIpc) is 2.26. The maximum atomic E-state index is 11.0. The maximum absolute atomic E-state index is 11.0. The summed E-state index contributed by atoms with van der Waals surface area (Å²) in [6.45, 7) is 0.593. The van der Waals surface area contributed by atoms with Crippen molar-refractivity contribution < 1.29 is 19.7 Å². The summed E-state index contributed by atoms with van der Waals surface area (Å²) in [5.74, 6) is -0.574. The molecule has 0 spiro atoms. The normalized spacial score (nSPS) is 18.9. The van der Waals surface area contributed by atoms with Gasteiger partial charge in [-0.25, -0.2) is 0 Å². The Morgan fingerprint density at radius 3 is 2.94 bits per heavy atom. The van der Waals surface area contributed by atoms with Gasteiger partial charge in [0.15, 0.2) is 11.5 Å². The molecule has 1 aromatic carbocycles. The number of ether oxygens (including phenoxy) is 1. The molecule has 0 aliphatic carbocycles. The highest BCUT2D eigenvalue weighted by Crippen LogP contribution is 2.34. The summed E-state index contributed by atoms with van der Waals surface area (Å²) >= 11 is 0. The molecule has 86 valence electrons. The van der Waals surface area contributed by atoms with E-state index in [0.29, 0.717) is 24.3 Å². The van der Waals surface area contributed by atoms with E-state index in [1.807, 2.05) is 0 Å². The molecule has 5 nitrogen and oxygen atoms in total. The molecular weight excluding hydrogens is 210 g/mol. The number of nitrogens with one attached hydrogen (secondary N) is 1. The van der Waals surface area contributed by atoms with E-state index >= 15 is 0 Å². The molecule has 0 aromatic heterocycles. The van der Waals surface area contributed by atoms with Crippen LogP contribution in [0.3, 0.4) is 0 Å².